The summed E-state index contributed by atoms with van der Waals surface area (Å²) in [6.07, 6.45) is 8.19. The Hall–Kier alpha value is -4.05. The van der Waals surface area contributed by atoms with E-state index in [1.807, 2.05) is 35.4 Å². The van der Waals surface area contributed by atoms with Crippen LogP contribution in [0.3, 0.4) is 0 Å². The van der Waals surface area contributed by atoms with Crippen molar-refractivity contribution in [2.45, 2.75) is 32.2 Å². The number of carbonyl (C=O) groups excluding carboxylic acids is 1. The van der Waals surface area contributed by atoms with E-state index in [1.54, 1.807) is 6.33 Å². The van der Waals surface area contributed by atoms with Gasteiger partial charge in [-0.05, 0) is 61.4 Å². The van der Waals surface area contributed by atoms with E-state index in [0.29, 0.717) is 17.8 Å². The minimum Gasteiger partial charge on any atom is -0.370 e. The van der Waals surface area contributed by atoms with Crippen molar-refractivity contribution >= 4 is 34.5 Å². The summed E-state index contributed by atoms with van der Waals surface area (Å²) < 4.78 is 0. The number of carbonyl (C=O) groups is 1. The molecule has 3 fully saturated rings. The Morgan fingerprint density at radius 1 is 0.949 bits per heavy atom. The lowest BCUT2D eigenvalue weighted by Gasteiger charge is -2.34. The van der Waals surface area contributed by atoms with Crippen LogP contribution in [0.2, 0.25) is 0 Å². The van der Waals surface area contributed by atoms with Crippen molar-refractivity contribution < 1.29 is 4.79 Å². The van der Waals surface area contributed by atoms with E-state index in [2.05, 4.69) is 47.6 Å². The molecule has 1 amide bonds. The van der Waals surface area contributed by atoms with E-state index in [4.69, 9.17) is 4.98 Å². The highest BCUT2D eigenvalue weighted by Gasteiger charge is 2.34. The molecule has 1 aromatic carbocycles. The summed E-state index contributed by atoms with van der Waals surface area (Å²) in [5, 5.41) is 6.75. The van der Waals surface area contributed by atoms with Gasteiger partial charge in [0.2, 0.25) is 11.9 Å². The van der Waals surface area contributed by atoms with Crippen LogP contribution in [0.25, 0.3) is 22.3 Å². The van der Waals surface area contributed by atoms with Gasteiger partial charge in [0.05, 0.1) is 16.7 Å². The number of anilines is 3. The lowest BCUT2D eigenvalue weighted by molar-refractivity contribution is -0.134. The molecule has 0 spiro atoms. The largest absolute Gasteiger partial charge is 0.370 e. The maximum atomic E-state index is 12.3. The molecule has 1 saturated heterocycles. The number of nitrogens with one attached hydrogen (secondary N) is 3. The van der Waals surface area contributed by atoms with Gasteiger partial charge in [-0.3, -0.25) is 9.69 Å². The fourth-order valence-electron chi connectivity index (χ4n) is 5.15. The lowest BCUT2D eigenvalue weighted by Crippen LogP contribution is -2.48. The van der Waals surface area contributed by atoms with Crippen molar-refractivity contribution in [1.82, 2.24) is 34.7 Å². The van der Waals surface area contributed by atoms with Crippen LogP contribution in [-0.2, 0) is 11.3 Å². The fourth-order valence-corrected chi connectivity index (χ4v) is 5.15. The number of fused-ring (bicyclic) bond motifs is 1. The first kappa shape index (κ1) is 24.0. The smallest absolute Gasteiger partial charge is 0.225 e. The molecular weight excluding hydrogens is 490 g/mol. The van der Waals surface area contributed by atoms with Gasteiger partial charge in [-0.25, -0.2) is 19.9 Å². The summed E-state index contributed by atoms with van der Waals surface area (Å²) in [6, 6.07) is 12.2. The second-order valence-corrected chi connectivity index (χ2v) is 11.0. The van der Waals surface area contributed by atoms with Gasteiger partial charge in [0.1, 0.15) is 18.0 Å². The Morgan fingerprint density at radius 3 is 2.64 bits per heavy atom. The van der Waals surface area contributed by atoms with Crippen LogP contribution in [0.4, 0.5) is 17.6 Å². The van der Waals surface area contributed by atoms with E-state index in [0.717, 1.165) is 92.0 Å². The summed E-state index contributed by atoms with van der Waals surface area (Å²) in [5.74, 6) is 3.69. The second kappa shape index (κ2) is 10.3. The predicted molar refractivity (Wildman–Crippen MR) is 150 cm³/mol. The number of aromatic nitrogens is 5. The maximum absolute atomic E-state index is 12.3. The molecule has 2 saturated carbocycles. The molecular formula is C29H33N9O. The summed E-state index contributed by atoms with van der Waals surface area (Å²) in [4.78, 5) is 38.2. The van der Waals surface area contributed by atoms with E-state index < -0.39 is 0 Å². The average Bonchev–Trinajstić information content (AvgIpc) is 3.90. The molecule has 0 unspecified atom stereocenters. The van der Waals surface area contributed by atoms with Crippen LogP contribution in [0.5, 0.6) is 0 Å². The number of hydrogen-bond acceptors (Lipinski definition) is 8. The summed E-state index contributed by atoms with van der Waals surface area (Å²) in [5.41, 5.74) is 4.87. The van der Waals surface area contributed by atoms with Crippen LogP contribution in [0.1, 0.15) is 31.2 Å². The van der Waals surface area contributed by atoms with Gasteiger partial charge in [0.15, 0.2) is 0 Å². The van der Waals surface area contributed by atoms with Gasteiger partial charge in [-0.15, -0.1) is 0 Å². The van der Waals surface area contributed by atoms with E-state index in [-0.39, 0.29) is 0 Å². The lowest BCUT2D eigenvalue weighted by atomic mass is 10.1. The zero-order valence-electron chi connectivity index (χ0n) is 21.9. The van der Waals surface area contributed by atoms with Gasteiger partial charge < -0.3 is 20.5 Å². The van der Waals surface area contributed by atoms with Gasteiger partial charge in [0.25, 0.3) is 0 Å². The minimum atomic E-state index is 0.300. The quantitative estimate of drug-likeness (QED) is 0.301. The number of amides is 1. The molecule has 2 aliphatic carbocycles. The Balaban J connectivity index is 0.995. The Labute approximate surface area is 227 Å². The standard InChI is InChI=1S/C29H33N9O/c39-28(21-3-4-21)38-11-9-37(10-12-38)17-20-7-8-30-27(13-20)36-29-34-23-6-5-22(14-25(23)35-29)24-15-26(33-18-32-24)31-16-19-1-2-19/h5-8,13-15,18-19,21H,1-4,9-12,16-17H2,(H,31,32,33)(H2,30,34,35,36). The average molecular weight is 524 g/mol. The van der Waals surface area contributed by atoms with Crippen LogP contribution in [0, 0.1) is 11.8 Å². The summed E-state index contributed by atoms with van der Waals surface area (Å²) in [7, 11) is 0. The molecule has 10 heteroatoms. The SMILES string of the molecule is O=C(C1CC1)N1CCN(Cc2ccnc(Nc3nc4ccc(-c5cc(NCC6CC6)ncn5)cc4[nH]3)c2)CC1. The molecule has 200 valence electrons. The molecule has 7 rings (SSSR count). The maximum Gasteiger partial charge on any atom is 0.225 e. The molecule has 0 atom stereocenters. The highest BCUT2D eigenvalue weighted by molar-refractivity contribution is 5.83. The van der Waals surface area contributed by atoms with Crippen molar-refractivity contribution in [3.8, 4) is 11.3 Å². The summed E-state index contributed by atoms with van der Waals surface area (Å²) >= 11 is 0. The molecule has 0 radical (unpaired) electrons. The van der Waals surface area contributed by atoms with E-state index in [9.17, 15) is 4.79 Å². The molecule has 0 bridgehead atoms. The van der Waals surface area contributed by atoms with Crippen molar-refractivity contribution in [2.75, 3.05) is 43.4 Å². The first-order valence-corrected chi connectivity index (χ1v) is 14.0. The normalized spacial score (nSPS) is 17.9. The number of aromatic amines is 1. The third-order valence-corrected chi connectivity index (χ3v) is 7.80. The number of imidazole rings is 1. The Morgan fingerprint density at radius 2 is 1.82 bits per heavy atom. The monoisotopic (exact) mass is 523 g/mol. The number of pyridine rings is 1. The number of benzene rings is 1. The molecule has 4 heterocycles. The highest BCUT2D eigenvalue weighted by Crippen LogP contribution is 2.32. The third-order valence-electron chi connectivity index (χ3n) is 7.80. The first-order valence-electron chi connectivity index (χ1n) is 14.0. The van der Waals surface area contributed by atoms with Crippen LogP contribution in [0.15, 0.2) is 48.9 Å². The van der Waals surface area contributed by atoms with Crippen LogP contribution >= 0.6 is 0 Å². The molecule has 10 nitrogen and oxygen atoms in total. The fraction of sp³-hybridized carbons (Fsp3) is 0.414. The summed E-state index contributed by atoms with van der Waals surface area (Å²) in [6.45, 7) is 5.25. The first-order chi connectivity index (χ1) is 19.2. The Bertz CT molecular complexity index is 1490. The molecule has 1 aliphatic heterocycles. The predicted octanol–water partition coefficient (Wildman–Crippen LogP) is 4.03. The number of nitrogens with zero attached hydrogens (tertiary/aromatic N) is 6. The van der Waals surface area contributed by atoms with E-state index >= 15 is 0 Å². The molecule has 3 aliphatic rings. The Kier molecular flexibility index (Phi) is 6.32. The zero-order chi connectivity index (χ0) is 26.2. The molecule has 39 heavy (non-hydrogen) atoms. The van der Waals surface area contributed by atoms with Crippen molar-refractivity contribution in [2.24, 2.45) is 11.8 Å². The molecule has 3 N–H and O–H groups in total. The van der Waals surface area contributed by atoms with Gasteiger partial charge in [-0.1, -0.05) is 6.07 Å². The van der Waals surface area contributed by atoms with Crippen LogP contribution in [-0.4, -0.2) is 73.4 Å². The minimum absolute atomic E-state index is 0.300. The number of hydrogen-bond donors (Lipinski definition) is 3. The van der Waals surface area contributed by atoms with Crippen molar-refractivity contribution in [1.29, 1.82) is 0 Å². The number of rotatable bonds is 9. The number of piperazine rings is 1. The van der Waals surface area contributed by atoms with Crippen molar-refractivity contribution in [3.63, 3.8) is 0 Å². The highest BCUT2D eigenvalue weighted by atomic mass is 16.2. The van der Waals surface area contributed by atoms with Crippen molar-refractivity contribution in [3.05, 3.63) is 54.5 Å². The molecule has 3 aromatic heterocycles. The van der Waals surface area contributed by atoms with Gasteiger partial charge in [0, 0.05) is 63.0 Å². The van der Waals surface area contributed by atoms with Gasteiger partial charge in [-0.2, -0.15) is 0 Å². The third kappa shape index (κ3) is 5.70. The second-order valence-electron chi connectivity index (χ2n) is 11.0. The topological polar surface area (TPSA) is 115 Å². The van der Waals surface area contributed by atoms with E-state index in [1.165, 1.54) is 18.4 Å². The van der Waals surface area contributed by atoms with Crippen LogP contribution < -0.4 is 10.6 Å². The number of H-pyrrole nitrogens is 1. The van der Waals surface area contributed by atoms with Gasteiger partial charge >= 0.3 is 0 Å². The zero-order valence-corrected chi connectivity index (χ0v) is 21.9. The molecule has 4 aromatic rings.